The van der Waals surface area contributed by atoms with Crippen molar-refractivity contribution in [3.8, 4) is 0 Å². The van der Waals surface area contributed by atoms with E-state index in [2.05, 4.69) is 0 Å². The third kappa shape index (κ3) is 12.3. The molecule has 0 fully saturated rings. The average Bonchev–Trinajstić information content (AvgIpc) is 2.98. The van der Waals surface area contributed by atoms with Crippen molar-refractivity contribution >= 4 is 34.3 Å². The molecule has 0 spiro atoms. The van der Waals surface area contributed by atoms with Crippen molar-refractivity contribution in [3.05, 3.63) is 71.8 Å². The first-order valence-electron chi connectivity index (χ1n) is 14.6. The molecule has 0 heterocycles. The van der Waals surface area contributed by atoms with E-state index in [1.165, 1.54) is 12.1 Å². The number of halogens is 12. The van der Waals surface area contributed by atoms with Gasteiger partial charge in [0.2, 0.25) is 0 Å². The third-order valence-corrected chi connectivity index (χ3v) is 10.7. The van der Waals surface area contributed by atoms with Crippen molar-refractivity contribution in [2.24, 2.45) is 0 Å². The lowest BCUT2D eigenvalue weighted by Gasteiger charge is -2.43. The summed E-state index contributed by atoms with van der Waals surface area (Å²) < 4.78 is 190. The number of rotatable bonds is 20. The maximum atomic E-state index is 15.2. The van der Waals surface area contributed by atoms with Gasteiger partial charge in [0.25, 0.3) is 9.87 Å². The van der Waals surface area contributed by atoms with Crippen LogP contribution in [-0.2, 0) is 30.1 Å². The van der Waals surface area contributed by atoms with Gasteiger partial charge < -0.3 is 9.47 Å². The zero-order chi connectivity index (χ0) is 36.1. The Labute approximate surface area is 281 Å². The van der Waals surface area contributed by atoms with Crippen LogP contribution in [0, 0.1) is 0 Å². The molecule has 0 saturated heterocycles. The van der Waals surface area contributed by atoms with Crippen LogP contribution < -0.4 is 0 Å². The van der Waals surface area contributed by atoms with Gasteiger partial charge in [0.15, 0.2) is 0 Å². The standard InChI is InChI=1S/C30H34F12O3S3/c31-27(32,33)25(23-15-7-5-8-16-23,44-19-11-1-3-13-21-46-29(37,38)39)48(43)26(28(34,35)36,24-17-9-6-10-18-24)45-20-12-2-4-14-22-47-30(40,41)42/h5-10,15-18H,1-4,11-14,19-22H2. The predicted octanol–water partition coefficient (Wildman–Crippen LogP) is 11.2. The molecule has 0 amide bonds. The smallest absolute Gasteiger partial charge is 0.350 e. The first kappa shape index (κ1) is 42.5. The molecule has 274 valence electrons. The molecule has 2 atom stereocenters. The van der Waals surface area contributed by atoms with Crippen molar-refractivity contribution in [2.45, 2.75) is 84.6 Å². The van der Waals surface area contributed by atoms with Crippen molar-refractivity contribution < 1.29 is 66.4 Å². The monoisotopic (exact) mass is 766 g/mol. The minimum atomic E-state index is -5.71. The SMILES string of the molecule is O=S(C(OCCCCCCSC(F)(F)F)(c1ccccc1)C(F)(F)F)C(OCCCCCCSC(F)(F)F)(c1ccccc1)C(F)(F)F. The molecule has 18 heteroatoms. The van der Waals surface area contributed by atoms with Gasteiger partial charge in [0.1, 0.15) is 10.8 Å². The summed E-state index contributed by atoms with van der Waals surface area (Å²) in [5.41, 5.74) is -10.7. The van der Waals surface area contributed by atoms with Gasteiger partial charge in [-0.2, -0.15) is 52.7 Å². The fourth-order valence-electron chi connectivity index (χ4n) is 4.63. The zero-order valence-corrected chi connectivity index (χ0v) is 27.7. The fraction of sp³-hybridized carbons (Fsp3) is 0.600. The summed E-state index contributed by atoms with van der Waals surface area (Å²) in [5.74, 6) is -0.583. The maximum absolute atomic E-state index is 15.2. The normalized spacial score (nSPS) is 16.3. The van der Waals surface area contributed by atoms with Crippen molar-refractivity contribution in [2.75, 3.05) is 24.7 Å². The van der Waals surface area contributed by atoms with Gasteiger partial charge in [-0.25, -0.2) is 0 Å². The molecule has 0 aliphatic carbocycles. The maximum Gasteiger partial charge on any atom is 0.441 e. The van der Waals surface area contributed by atoms with E-state index < -0.39 is 68.4 Å². The number of benzene rings is 2. The second-order valence-electron chi connectivity index (χ2n) is 10.3. The molecule has 0 saturated carbocycles. The van der Waals surface area contributed by atoms with E-state index in [0.717, 1.165) is 48.5 Å². The highest BCUT2D eigenvalue weighted by Crippen LogP contribution is 2.56. The zero-order valence-electron chi connectivity index (χ0n) is 25.2. The van der Waals surface area contributed by atoms with E-state index in [1.807, 2.05) is 0 Å². The molecule has 3 nitrogen and oxygen atoms in total. The van der Waals surface area contributed by atoms with Gasteiger partial charge in [-0.1, -0.05) is 110 Å². The van der Waals surface area contributed by atoms with Crippen LogP contribution in [0.2, 0.25) is 0 Å². The summed E-state index contributed by atoms with van der Waals surface area (Å²) in [5, 5.41) is 0. The van der Waals surface area contributed by atoms with Crippen LogP contribution in [0.1, 0.15) is 62.5 Å². The van der Waals surface area contributed by atoms with Crippen LogP contribution in [-0.4, -0.2) is 52.3 Å². The van der Waals surface area contributed by atoms with Crippen LogP contribution in [0.25, 0.3) is 0 Å². The highest BCUT2D eigenvalue weighted by Gasteiger charge is 2.74. The number of unbranched alkanes of at least 4 members (excludes halogenated alkanes) is 6. The molecule has 2 rings (SSSR count). The second-order valence-corrected chi connectivity index (χ2v) is 14.4. The van der Waals surface area contributed by atoms with E-state index >= 15 is 26.3 Å². The van der Waals surface area contributed by atoms with Gasteiger partial charge in [-0.05, 0) is 25.7 Å². The molecule has 48 heavy (non-hydrogen) atoms. The van der Waals surface area contributed by atoms with Crippen LogP contribution in [0.15, 0.2) is 60.7 Å². The molecule has 0 aromatic heterocycles. The van der Waals surface area contributed by atoms with E-state index in [4.69, 9.17) is 9.47 Å². The van der Waals surface area contributed by atoms with Crippen molar-refractivity contribution in [1.82, 2.24) is 0 Å². The number of thioether (sulfide) groups is 2. The number of alkyl halides is 12. The lowest BCUT2D eigenvalue weighted by atomic mass is 10.1. The molecule has 0 radical (unpaired) electrons. The molecule has 2 aromatic rings. The largest absolute Gasteiger partial charge is 0.441 e. The summed E-state index contributed by atoms with van der Waals surface area (Å²) in [6, 6.07) is 10.3. The topological polar surface area (TPSA) is 35.5 Å². The summed E-state index contributed by atoms with van der Waals surface area (Å²) in [4.78, 5) is -8.17. The summed E-state index contributed by atoms with van der Waals surface area (Å²) in [6.07, 6.45) is -11.2. The summed E-state index contributed by atoms with van der Waals surface area (Å²) >= 11 is -0.520. The number of hydrogen-bond acceptors (Lipinski definition) is 5. The molecule has 2 aromatic carbocycles. The Kier molecular flexibility index (Phi) is 16.4. The number of hydrogen-bond donors (Lipinski definition) is 0. The Hall–Kier alpha value is -1.63. The molecule has 2 unspecified atom stereocenters. The van der Waals surface area contributed by atoms with Crippen molar-refractivity contribution in [3.63, 3.8) is 0 Å². The van der Waals surface area contributed by atoms with Gasteiger partial charge in [-0.15, -0.1) is 0 Å². The van der Waals surface area contributed by atoms with E-state index in [1.54, 1.807) is 0 Å². The van der Waals surface area contributed by atoms with Crippen LogP contribution in [0.4, 0.5) is 52.7 Å². The van der Waals surface area contributed by atoms with Gasteiger partial charge in [0.05, 0.1) is 0 Å². The van der Waals surface area contributed by atoms with Gasteiger partial charge in [0, 0.05) is 35.8 Å². The lowest BCUT2D eigenvalue weighted by molar-refractivity contribution is -0.264. The van der Waals surface area contributed by atoms with E-state index in [-0.39, 0.29) is 86.4 Å². The molecule has 0 aliphatic rings. The minimum absolute atomic E-state index is 0.0689. The quantitative estimate of drug-likeness (QED) is 0.0991. The Balaban J connectivity index is 2.44. The first-order chi connectivity index (χ1) is 22.3. The molecular formula is C30H34F12O3S3. The summed E-state index contributed by atoms with van der Waals surface area (Å²) in [6.45, 7) is -1.68. The van der Waals surface area contributed by atoms with Crippen LogP contribution in [0.3, 0.4) is 0 Å². The van der Waals surface area contributed by atoms with Gasteiger partial charge in [-0.3, -0.25) is 4.21 Å². The average molecular weight is 767 g/mol. The van der Waals surface area contributed by atoms with Gasteiger partial charge >= 0.3 is 23.4 Å². The van der Waals surface area contributed by atoms with Crippen LogP contribution >= 0.6 is 23.5 Å². The third-order valence-electron chi connectivity index (χ3n) is 6.80. The Morgan fingerprint density at radius 1 is 0.479 bits per heavy atom. The lowest BCUT2D eigenvalue weighted by Crippen LogP contribution is -2.60. The predicted molar refractivity (Wildman–Crippen MR) is 162 cm³/mol. The molecule has 0 N–H and O–H groups in total. The highest BCUT2D eigenvalue weighted by molar-refractivity contribution is 8.00. The minimum Gasteiger partial charge on any atom is -0.350 e. The molecule has 0 bridgehead atoms. The molecule has 0 aliphatic heterocycles. The Bertz CT molecular complexity index is 1130. The van der Waals surface area contributed by atoms with E-state index in [9.17, 15) is 30.6 Å². The first-order valence-corrected chi connectivity index (χ1v) is 17.8. The fourth-order valence-corrected chi connectivity index (χ4v) is 7.70. The number of ether oxygens (including phenoxy) is 2. The molecular weight excluding hydrogens is 733 g/mol. The highest BCUT2D eigenvalue weighted by atomic mass is 32.2. The van der Waals surface area contributed by atoms with Crippen LogP contribution in [0.5, 0.6) is 0 Å². The van der Waals surface area contributed by atoms with Crippen molar-refractivity contribution in [1.29, 1.82) is 0 Å². The Morgan fingerprint density at radius 2 is 0.792 bits per heavy atom. The second kappa shape index (κ2) is 18.6. The Morgan fingerprint density at radius 3 is 1.08 bits per heavy atom. The summed E-state index contributed by atoms with van der Waals surface area (Å²) in [7, 11) is -4.15. The van der Waals surface area contributed by atoms with E-state index in [0.29, 0.717) is 0 Å².